The van der Waals surface area contributed by atoms with Crippen LogP contribution in [0.3, 0.4) is 0 Å². The molecule has 0 saturated carbocycles. The Morgan fingerprint density at radius 1 is 1.06 bits per heavy atom. The van der Waals surface area contributed by atoms with E-state index < -0.39 is 5.92 Å². The van der Waals surface area contributed by atoms with Crippen molar-refractivity contribution in [3.8, 4) is 0 Å². The quantitative estimate of drug-likeness (QED) is 0.459. The molecule has 1 unspecified atom stereocenters. The van der Waals surface area contributed by atoms with Crippen LogP contribution in [0.4, 0.5) is 22.9 Å². The molecule has 2 N–H and O–H groups in total. The zero-order valence-corrected chi connectivity index (χ0v) is 19.0. The predicted molar refractivity (Wildman–Crippen MR) is 130 cm³/mol. The van der Waals surface area contributed by atoms with E-state index in [1.54, 1.807) is 16.2 Å². The van der Waals surface area contributed by atoms with Crippen LogP contribution in [-0.4, -0.2) is 33.3 Å². The number of rotatable bonds is 5. The molecule has 166 valence electrons. The van der Waals surface area contributed by atoms with Crippen molar-refractivity contribution in [1.82, 2.24) is 15.0 Å². The van der Waals surface area contributed by atoms with Gasteiger partial charge in [0.05, 0.1) is 21.1 Å². The van der Waals surface area contributed by atoms with Crippen LogP contribution >= 0.6 is 11.3 Å². The Morgan fingerprint density at radius 2 is 1.85 bits per heavy atom. The van der Waals surface area contributed by atoms with E-state index in [1.807, 2.05) is 62.4 Å². The molecule has 2 aromatic heterocycles. The molecule has 9 heteroatoms. The van der Waals surface area contributed by atoms with E-state index in [9.17, 15) is 9.59 Å². The number of nitrogens with one attached hydrogen (secondary N) is 2. The van der Waals surface area contributed by atoms with Crippen molar-refractivity contribution in [3.63, 3.8) is 0 Å². The van der Waals surface area contributed by atoms with E-state index in [0.29, 0.717) is 18.1 Å². The van der Waals surface area contributed by atoms with E-state index in [4.69, 9.17) is 0 Å². The fraction of sp³-hybridized carbons (Fsp3) is 0.208. The van der Waals surface area contributed by atoms with Crippen LogP contribution in [0.2, 0.25) is 0 Å². The van der Waals surface area contributed by atoms with Crippen molar-refractivity contribution in [2.75, 3.05) is 22.1 Å². The molecule has 0 bridgehead atoms. The number of benzene rings is 2. The Balaban J connectivity index is 1.23. The summed E-state index contributed by atoms with van der Waals surface area (Å²) in [5.41, 5.74) is 4.05. The van der Waals surface area contributed by atoms with Gasteiger partial charge in [-0.15, -0.1) is 11.3 Å². The summed E-state index contributed by atoms with van der Waals surface area (Å²) >= 11 is 1.62. The van der Waals surface area contributed by atoms with Gasteiger partial charge in [-0.2, -0.15) is 0 Å². The van der Waals surface area contributed by atoms with Gasteiger partial charge in [-0.25, -0.2) is 15.0 Å². The highest BCUT2D eigenvalue weighted by atomic mass is 32.1. The average Bonchev–Trinajstić information content (AvgIpc) is 3.36. The average molecular weight is 459 g/mol. The van der Waals surface area contributed by atoms with Gasteiger partial charge in [0.2, 0.25) is 11.8 Å². The molecule has 1 aliphatic rings. The van der Waals surface area contributed by atoms with Crippen molar-refractivity contribution < 1.29 is 9.59 Å². The minimum atomic E-state index is -0.410. The molecule has 5 rings (SSSR count). The molecule has 2 aromatic carbocycles. The number of aromatic nitrogens is 3. The van der Waals surface area contributed by atoms with Crippen LogP contribution in [0.5, 0.6) is 0 Å². The maximum absolute atomic E-state index is 12.8. The summed E-state index contributed by atoms with van der Waals surface area (Å²) in [6.07, 6.45) is 1.70. The minimum absolute atomic E-state index is 0.0545. The van der Waals surface area contributed by atoms with Crippen molar-refractivity contribution in [2.24, 2.45) is 5.92 Å². The Hall–Kier alpha value is -3.85. The highest BCUT2D eigenvalue weighted by Gasteiger charge is 2.35. The second-order valence-corrected chi connectivity index (χ2v) is 9.26. The summed E-state index contributed by atoms with van der Waals surface area (Å²) < 4.78 is 1.09. The van der Waals surface area contributed by atoms with Gasteiger partial charge < -0.3 is 15.5 Å². The molecule has 4 aromatic rings. The molecule has 1 fully saturated rings. The van der Waals surface area contributed by atoms with Crippen LogP contribution in [0.15, 0.2) is 54.9 Å². The number of carbonyl (C=O) groups is 2. The largest absolute Gasteiger partial charge is 0.340 e. The lowest BCUT2D eigenvalue weighted by atomic mass is 10.1. The molecule has 1 aliphatic heterocycles. The van der Waals surface area contributed by atoms with Gasteiger partial charge in [0.1, 0.15) is 12.1 Å². The maximum Gasteiger partial charge on any atom is 0.229 e. The number of anilines is 4. The lowest BCUT2D eigenvalue weighted by Gasteiger charge is -2.17. The third-order valence-electron chi connectivity index (χ3n) is 5.51. The number of thiazole rings is 1. The molecular formula is C24H22N6O2S. The summed E-state index contributed by atoms with van der Waals surface area (Å²) in [6.45, 7) is 4.22. The molecule has 3 heterocycles. The SMILES string of the molecule is Cc1cc(Nc2ccc(NC(=O)C3CC(=O)N(c4ccc5sc(C)nc5c4)C3)cc2)ncn1. The van der Waals surface area contributed by atoms with Gasteiger partial charge in [-0.1, -0.05) is 0 Å². The van der Waals surface area contributed by atoms with Gasteiger partial charge in [0, 0.05) is 41.8 Å². The molecule has 2 amide bonds. The van der Waals surface area contributed by atoms with Crippen molar-refractivity contribution in [3.05, 3.63) is 65.6 Å². The van der Waals surface area contributed by atoms with E-state index in [2.05, 4.69) is 25.6 Å². The molecule has 0 radical (unpaired) electrons. The number of hydrogen-bond donors (Lipinski definition) is 2. The van der Waals surface area contributed by atoms with Gasteiger partial charge in [-0.05, 0) is 56.3 Å². The minimum Gasteiger partial charge on any atom is -0.340 e. The molecular weight excluding hydrogens is 436 g/mol. The zero-order valence-electron chi connectivity index (χ0n) is 18.2. The zero-order chi connectivity index (χ0) is 22.9. The standard InChI is InChI=1S/C24H22N6O2S/c1-14-9-22(26-13-25-14)28-17-3-5-18(6-4-17)29-24(32)16-10-23(31)30(12-16)19-7-8-21-20(11-19)27-15(2)33-21/h3-9,11,13,16H,10,12H2,1-2H3,(H,29,32)(H,25,26,28). The second-order valence-electron chi connectivity index (χ2n) is 8.03. The normalized spacial score (nSPS) is 15.8. The maximum atomic E-state index is 12.8. The second kappa shape index (κ2) is 8.59. The van der Waals surface area contributed by atoms with Crippen LogP contribution in [0.25, 0.3) is 10.2 Å². The first-order valence-corrected chi connectivity index (χ1v) is 11.4. The molecule has 0 spiro atoms. The molecule has 8 nitrogen and oxygen atoms in total. The lowest BCUT2D eigenvalue weighted by molar-refractivity contribution is -0.122. The summed E-state index contributed by atoms with van der Waals surface area (Å²) in [5.74, 6) is 0.0757. The smallest absolute Gasteiger partial charge is 0.229 e. The predicted octanol–water partition coefficient (Wildman–Crippen LogP) is 4.44. The van der Waals surface area contributed by atoms with E-state index in [1.165, 1.54) is 6.33 Å². The number of nitrogens with zero attached hydrogens (tertiary/aromatic N) is 4. The van der Waals surface area contributed by atoms with E-state index >= 15 is 0 Å². The van der Waals surface area contributed by atoms with Crippen molar-refractivity contribution in [1.29, 1.82) is 0 Å². The summed E-state index contributed by atoms with van der Waals surface area (Å²) in [6, 6.07) is 15.0. The van der Waals surface area contributed by atoms with E-state index in [-0.39, 0.29) is 18.2 Å². The first kappa shape index (κ1) is 21.0. The highest BCUT2D eigenvalue weighted by molar-refractivity contribution is 7.18. The number of amides is 2. The van der Waals surface area contributed by atoms with Crippen LogP contribution < -0.4 is 15.5 Å². The van der Waals surface area contributed by atoms with Crippen LogP contribution in [-0.2, 0) is 9.59 Å². The summed E-state index contributed by atoms with van der Waals surface area (Å²) in [4.78, 5) is 39.9. The monoisotopic (exact) mass is 458 g/mol. The molecule has 0 aliphatic carbocycles. The van der Waals surface area contributed by atoms with E-state index in [0.717, 1.165) is 32.3 Å². The summed E-state index contributed by atoms with van der Waals surface area (Å²) in [5, 5.41) is 7.12. The summed E-state index contributed by atoms with van der Waals surface area (Å²) in [7, 11) is 0. The third kappa shape index (κ3) is 4.54. The number of carbonyl (C=O) groups excluding carboxylic acids is 2. The Kier molecular flexibility index (Phi) is 5.47. The third-order valence-corrected chi connectivity index (χ3v) is 6.47. The van der Waals surface area contributed by atoms with Crippen LogP contribution in [0, 0.1) is 19.8 Å². The van der Waals surface area contributed by atoms with Crippen molar-refractivity contribution >= 4 is 56.2 Å². The first-order valence-electron chi connectivity index (χ1n) is 10.6. The topological polar surface area (TPSA) is 100 Å². The van der Waals surface area contributed by atoms with Crippen LogP contribution in [0.1, 0.15) is 17.1 Å². The molecule has 33 heavy (non-hydrogen) atoms. The van der Waals surface area contributed by atoms with Gasteiger partial charge in [-0.3, -0.25) is 9.59 Å². The molecule has 1 saturated heterocycles. The van der Waals surface area contributed by atoms with Crippen molar-refractivity contribution in [2.45, 2.75) is 20.3 Å². The molecule has 1 atom stereocenters. The van der Waals surface area contributed by atoms with Gasteiger partial charge >= 0.3 is 0 Å². The fourth-order valence-electron chi connectivity index (χ4n) is 3.88. The lowest BCUT2D eigenvalue weighted by Crippen LogP contribution is -2.28. The Morgan fingerprint density at radius 3 is 2.64 bits per heavy atom. The number of fused-ring (bicyclic) bond motifs is 1. The van der Waals surface area contributed by atoms with Gasteiger partial charge in [0.25, 0.3) is 0 Å². The Bertz CT molecular complexity index is 1350. The van der Waals surface area contributed by atoms with Gasteiger partial charge in [0.15, 0.2) is 0 Å². The highest BCUT2D eigenvalue weighted by Crippen LogP contribution is 2.30. The first-order chi connectivity index (χ1) is 15.9. The number of hydrogen-bond acceptors (Lipinski definition) is 7. The fourth-order valence-corrected chi connectivity index (χ4v) is 4.69. The Labute approximate surface area is 194 Å². The number of aryl methyl sites for hydroxylation is 2.